The maximum atomic E-state index is 10.7. The molecule has 0 N–H and O–H groups in total. The second kappa shape index (κ2) is 7.78. The molecular formula is C16H18F3NO3S. The highest BCUT2D eigenvalue weighted by molar-refractivity contribution is 7.86. The smallest absolute Gasteiger partial charge is 0.485 e. The summed E-state index contributed by atoms with van der Waals surface area (Å²) in [6, 6.07) is 21.2. The van der Waals surface area contributed by atoms with E-state index in [0.29, 0.717) is 0 Å². The topological polar surface area (TPSA) is 57.2 Å². The van der Waals surface area contributed by atoms with Crippen LogP contribution in [0.5, 0.6) is 0 Å². The summed E-state index contributed by atoms with van der Waals surface area (Å²) in [5.41, 5.74) is -2.93. The van der Waals surface area contributed by atoms with Gasteiger partial charge in [-0.2, -0.15) is 13.2 Å². The van der Waals surface area contributed by atoms with Gasteiger partial charge < -0.3 is 4.55 Å². The van der Waals surface area contributed by atoms with Gasteiger partial charge in [-0.25, -0.2) is 8.42 Å². The van der Waals surface area contributed by atoms with Crippen molar-refractivity contribution in [1.29, 1.82) is 0 Å². The third-order valence-electron chi connectivity index (χ3n) is 3.16. The van der Waals surface area contributed by atoms with E-state index in [9.17, 15) is 13.2 Å². The molecule has 24 heavy (non-hydrogen) atoms. The van der Waals surface area contributed by atoms with Gasteiger partial charge in [0.2, 0.25) is 0 Å². The van der Waals surface area contributed by atoms with Crippen LogP contribution in [-0.4, -0.2) is 32.6 Å². The average Bonchev–Trinajstić information content (AvgIpc) is 2.47. The van der Waals surface area contributed by atoms with Gasteiger partial charge in [0.05, 0.1) is 14.1 Å². The number of hydrogen-bond acceptors (Lipinski definition) is 3. The zero-order valence-electron chi connectivity index (χ0n) is 13.2. The van der Waals surface area contributed by atoms with Gasteiger partial charge in [0.15, 0.2) is 10.1 Å². The van der Waals surface area contributed by atoms with Crippen molar-refractivity contribution >= 4 is 15.8 Å². The van der Waals surface area contributed by atoms with Crippen LogP contribution in [0.2, 0.25) is 0 Å². The Bertz CT molecular complexity index is 730. The summed E-state index contributed by atoms with van der Waals surface area (Å²) < 4.78 is 59.8. The van der Waals surface area contributed by atoms with E-state index >= 15 is 0 Å². The van der Waals surface area contributed by atoms with E-state index in [-0.39, 0.29) is 0 Å². The van der Waals surface area contributed by atoms with Crippen LogP contribution in [0.25, 0.3) is 0 Å². The Morgan fingerprint density at radius 2 is 1.29 bits per heavy atom. The van der Waals surface area contributed by atoms with Crippen molar-refractivity contribution in [3.8, 4) is 0 Å². The summed E-state index contributed by atoms with van der Waals surface area (Å²) in [7, 11) is -1.61. The van der Waals surface area contributed by atoms with Gasteiger partial charge >= 0.3 is 5.51 Å². The highest BCUT2D eigenvalue weighted by Crippen LogP contribution is 2.21. The molecule has 0 radical (unpaired) electrons. The summed E-state index contributed by atoms with van der Waals surface area (Å²) in [6.07, 6.45) is 0. The Morgan fingerprint density at radius 1 is 0.917 bits per heavy atom. The molecule has 0 aliphatic heterocycles. The monoisotopic (exact) mass is 361 g/mol. The van der Waals surface area contributed by atoms with E-state index in [1.54, 1.807) is 0 Å². The Hall–Kier alpha value is -1.90. The van der Waals surface area contributed by atoms with Gasteiger partial charge in [-0.15, -0.1) is 0 Å². The third kappa shape index (κ3) is 6.31. The molecule has 0 saturated carbocycles. The molecule has 0 fully saturated rings. The SMILES string of the molecule is C[N+](C)(Cc1ccccc1)c1ccccc1.O=S(=O)([O-])C(F)(F)F. The molecule has 0 heterocycles. The highest BCUT2D eigenvalue weighted by atomic mass is 32.2. The number of rotatable bonds is 3. The summed E-state index contributed by atoms with van der Waals surface area (Å²) in [4.78, 5) is 0. The molecule has 0 unspecified atom stereocenters. The quantitative estimate of drug-likeness (QED) is 0.478. The number of benzene rings is 2. The van der Waals surface area contributed by atoms with E-state index in [0.717, 1.165) is 11.0 Å². The molecule has 0 aliphatic carbocycles. The van der Waals surface area contributed by atoms with Gasteiger partial charge in [0.1, 0.15) is 12.2 Å². The van der Waals surface area contributed by atoms with Gasteiger partial charge in [-0.3, -0.25) is 4.48 Å². The van der Waals surface area contributed by atoms with Gasteiger partial charge in [0, 0.05) is 5.56 Å². The van der Waals surface area contributed by atoms with Gasteiger partial charge in [-0.05, 0) is 12.1 Å². The number of para-hydroxylation sites is 1. The van der Waals surface area contributed by atoms with Crippen molar-refractivity contribution in [3.05, 3.63) is 66.2 Å². The summed E-state index contributed by atoms with van der Waals surface area (Å²) in [5, 5.41) is 0. The lowest BCUT2D eigenvalue weighted by Gasteiger charge is -2.29. The molecule has 0 aromatic heterocycles. The number of quaternary nitrogens is 1. The largest absolute Gasteiger partial charge is 0.741 e. The second-order valence-corrected chi connectivity index (χ2v) is 6.94. The van der Waals surface area contributed by atoms with Crippen LogP contribution in [0.1, 0.15) is 5.56 Å². The number of halogens is 3. The highest BCUT2D eigenvalue weighted by Gasteiger charge is 2.36. The number of alkyl halides is 3. The van der Waals surface area contributed by atoms with Crippen LogP contribution in [-0.2, 0) is 16.7 Å². The first-order chi connectivity index (χ1) is 10.9. The van der Waals surface area contributed by atoms with Crippen molar-refractivity contribution in [2.24, 2.45) is 0 Å². The van der Waals surface area contributed by atoms with E-state index in [1.807, 2.05) is 0 Å². The predicted octanol–water partition coefficient (Wildman–Crippen LogP) is 3.51. The molecule has 0 saturated heterocycles. The maximum Gasteiger partial charge on any atom is 0.485 e. The molecule has 0 atom stereocenters. The van der Waals surface area contributed by atoms with E-state index in [1.165, 1.54) is 11.3 Å². The molecular weight excluding hydrogens is 343 g/mol. The molecule has 2 aromatic rings. The lowest BCUT2D eigenvalue weighted by atomic mass is 10.2. The number of hydrogen-bond donors (Lipinski definition) is 0. The summed E-state index contributed by atoms with van der Waals surface area (Å²) in [6.45, 7) is 1.02. The fraction of sp³-hybridized carbons (Fsp3) is 0.250. The third-order valence-corrected chi connectivity index (χ3v) is 3.73. The van der Waals surface area contributed by atoms with Crippen molar-refractivity contribution in [2.75, 3.05) is 14.1 Å². The minimum Gasteiger partial charge on any atom is -0.741 e. The predicted molar refractivity (Wildman–Crippen MR) is 86.0 cm³/mol. The van der Waals surface area contributed by atoms with Crippen molar-refractivity contribution in [3.63, 3.8) is 0 Å². The Morgan fingerprint density at radius 3 is 1.67 bits per heavy atom. The van der Waals surface area contributed by atoms with Crippen LogP contribution in [0, 0.1) is 0 Å². The first-order valence-corrected chi connectivity index (χ1v) is 8.29. The van der Waals surface area contributed by atoms with Crippen LogP contribution in [0.3, 0.4) is 0 Å². The molecule has 2 rings (SSSR count). The fourth-order valence-electron chi connectivity index (χ4n) is 1.96. The normalized spacial score (nSPS) is 12.2. The summed E-state index contributed by atoms with van der Waals surface area (Å²) in [5.74, 6) is 0. The van der Waals surface area contributed by atoms with Crippen molar-refractivity contribution in [2.45, 2.75) is 12.1 Å². The van der Waals surface area contributed by atoms with E-state index < -0.39 is 15.6 Å². The zero-order chi connectivity index (χ0) is 18.4. The van der Waals surface area contributed by atoms with E-state index in [4.69, 9.17) is 13.0 Å². The van der Waals surface area contributed by atoms with Crippen LogP contribution < -0.4 is 4.48 Å². The minimum atomic E-state index is -6.09. The van der Waals surface area contributed by atoms with Crippen molar-refractivity contribution in [1.82, 2.24) is 4.48 Å². The van der Waals surface area contributed by atoms with Crippen molar-refractivity contribution < 1.29 is 26.1 Å². The molecule has 8 heteroatoms. The minimum absolute atomic E-state index is 0.880. The summed E-state index contributed by atoms with van der Waals surface area (Å²) >= 11 is 0. The molecule has 4 nitrogen and oxygen atoms in total. The Labute approximate surface area is 139 Å². The first kappa shape index (κ1) is 20.1. The first-order valence-electron chi connectivity index (χ1n) is 6.88. The van der Waals surface area contributed by atoms with Crippen LogP contribution in [0.4, 0.5) is 18.9 Å². The molecule has 0 spiro atoms. The number of nitrogens with zero attached hydrogens (tertiary/aromatic N) is 1. The lowest BCUT2D eigenvalue weighted by molar-refractivity contribution is -0.0517. The molecule has 0 amide bonds. The van der Waals surface area contributed by atoms with E-state index in [2.05, 4.69) is 74.8 Å². The van der Waals surface area contributed by atoms with Gasteiger partial charge in [-0.1, -0.05) is 48.5 Å². The van der Waals surface area contributed by atoms with Gasteiger partial charge in [0.25, 0.3) is 0 Å². The molecule has 2 aromatic carbocycles. The standard InChI is InChI=1S/C15H18N.CHF3O3S/c1-16(2,15-11-7-4-8-12-15)13-14-9-5-3-6-10-14;2-1(3,4)8(5,6)7/h3-12H,13H2,1-2H3;(H,5,6,7)/q+1;/p-1. The Balaban J connectivity index is 0.000000307. The second-order valence-electron chi connectivity index (χ2n) is 5.56. The molecule has 132 valence electrons. The zero-order valence-corrected chi connectivity index (χ0v) is 14.0. The Kier molecular flexibility index (Phi) is 6.53. The molecule has 0 aliphatic rings. The average molecular weight is 361 g/mol. The van der Waals surface area contributed by atoms with Crippen LogP contribution >= 0.6 is 0 Å². The maximum absolute atomic E-state index is 10.7. The van der Waals surface area contributed by atoms with Crippen LogP contribution in [0.15, 0.2) is 60.7 Å². The lowest BCUT2D eigenvalue weighted by Crippen LogP contribution is -2.39. The fourth-order valence-corrected chi connectivity index (χ4v) is 1.96. The molecule has 0 bridgehead atoms.